The number of carbonyl (C=O) groups excluding carboxylic acids is 1. The Morgan fingerprint density at radius 1 is 1.03 bits per heavy atom. The molecule has 0 atom stereocenters. The van der Waals surface area contributed by atoms with Gasteiger partial charge in [0.15, 0.2) is 11.5 Å². The van der Waals surface area contributed by atoms with Crippen LogP contribution in [0, 0.1) is 5.92 Å². The van der Waals surface area contributed by atoms with Gasteiger partial charge in [-0.3, -0.25) is 4.79 Å². The van der Waals surface area contributed by atoms with Crippen LogP contribution in [0.5, 0.6) is 17.2 Å². The van der Waals surface area contributed by atoms with Crippen LogP contribution in [0.25, 0.3) is 0 Å². The number of methoxy groups -OCH3 is 1. The van der Waals surface area contributed by atoms with E-state index in [0.29, 0.717) is 55.1 Å². The van der Waals surface area contributed by atoms with Gasteiger partial charge >= 0.3 is 0 Å². The number of hydrogen-bond acceptors (Lipinski definition) is 6. The van der Waals surface area contributed by atoms with Crippen LogP contribution < -0.4 is 19.5 Å². The number of hydrogen-bond donors (Lipinski definition) is 1. The molecule has 7 nitrogen and oxygen atoms in total. The molecule has 1 N–H and O–H groups in total. The highest BCUT2D eigenvalue weighted by atomic mass is 16.5. The van der Waals surface area contributed by atoms with Crippen LogP contribution in [0.4, 0.5) is 0 Å². The van der Waals surface area contributed by atoms with Crippen LogP contribution in [0.15, 0.2) is 12.1 Å². The molecule has 1 amide bonds. The second kappa shape index (κ2) is 12.5. The molecule has 1 aromatic rings. The summed E-state index contributed by atoms with van der Waals surface area (Å²) >= 11 is 0. The van der Waals surface area contributed by atoms with Gasteiger partial charge in [0, 0.05) is 25.8 Å². The van der Waals surface area contributed by atoms with Crippen molar-refractivity contribution in [1.29, 1.82) is 0 Å². The highest BCUT2D eigenvalue weighted by molar-refractivity contribution is 5.95. The summed E-state index contributed by atoms with van der Waals surface area (Å²) in [5, 5.41) is 3.08. The molecule has 0 aliphatic carbocycles. The topological polar surface area (TPSA) is 69.3 Å². The summed E-state index contributed by atoms with van der Waals surface area (Å²) in [4.78, 5) is 15.2. The molecule has 1 aliphatic heterocycles. The lowest BCUT2D eigenvalue weighted by Crippen LogP contribution is -2.39. The molecule has 1 aromatic carbocycles. The number of nitrogens with one attached hydrogen (secondary N) is 1. The Balaban J connectivity index is 1.99. The zero-order valence-electron chi connectivity index (χ0n) is 18.3. The van der Waals surface area contributed by atoms with Gasteiger partial charge in [-0.1, -0.05) is 0 Å². The van der Waals surface area contributed by atoms with Crippen molar-refractivity contribution in [3.05, 3.63) is 17.7 Å². The molecular formula is C22H36N2O5. The number of piperidine rings is 1. The van der Waals surface area contributed by atoms with Gasteiger partial charge in [-0.15, -0.1) is 0 Å². The molecule has 0 bridgehead atoms. The standard InChI is InChI=1S/C22H36N2O5/c1-5-27-19-14-18(15-20(28-6-2)21(19)29-7-3)22(25)23-16-17-8-10-24(11-9-17)12-13-26-4/h14-15,17H,5-13,16H2,1-4H3,(H,23,25). The molecule has 1 fully saturated rings. The monoisotopic (exact) mass is 408 g/mol. The molecule has 1 heterocycles. The van der Waals surface area contributed by atoms with E-state index in [2.05, 4.69) is 10.2 Å². The van der Waals surface area contributed by atoms with Crippen LogP contribution in [-0.4, -0.2) is 70.5 Å². The first-order valence-electron chi connectivity index (χ1n) is 10.7. The summed E-state index contributed by atoms with van der Waals surface area (Å²) in [5.74, 6) is 2.01. The minimum absolute atomic E-state index is 0.114. The molecular weight excluding hydrogens is 372 g/mol. The molecule has 164 valence electrons. The molecule has 1 saturated heterocycles. The molecule has 2 rings (SSSR count). The van der Waals surface area contributed by atoms with Gasteiger partial charge in [-0.05, 0) is 64.8 Å². The SMILES string of the molecule is CCOc1cc(C(=O)NCC2CCN(CCOC)CC2)cc(OCC)c1OCC. The van der Waals surface area contributed by atoms with E-state index in [9.17, 15) is 4.79 Å². The summed E-state index contributed by atoms with van der Waals surface area (Å²) in [7, 11) is 1.73. The van der Waals surface area contributed by atoms with Crippen molar-refractivity contribution < 1.29 is 23.7 Å². The number of rotatable bonds is 12. The fourth-order valence-corrected chi connectivity index (χ4v) is 3.49. The van der Waals surface area contributed by atoms with Crippen molar-refractivity contribution >= 4 is 5.91 Å². The Kier molecular flexibility index (Phi) is 10.1. The largest absolute Gasteiger partial charge is 0.490 e. The molecule has 1 aliphatic rings. The normalized spacial score (nSPS) is 15.2. The predicted octanol–water partition coefficient (Wildman–Crippen LogP) is 2.97. The van der Waals surface area contributed by atoms with Crippen molar-refractivity contribution in [2.75, 3.05) is 59.7 Å². The molecule has 0 unspecified atom stereocenters. The van der Waals surface area contributed by atoms with E-state index in [1.54, 1.807) is 19.2 Å². The molecule has 29 heavy (non-hydrogen) atoms. The molecule has 0 aromatic heterocycles. The van der Waals surface area contributed by atoms with E-state index >= 15 is 0 Å². The zero-order chi connectivity index (χ0) is 21.1. The minimum atomic E-state index is -0.114. The summed E-state index contributed by atoms with van der Waals surface area (Å²) in [5.41, 5.74) is 0.526. The second-order valence-electron chi connectivity index (χ2n) is 7.09. The Labute approximate surface area is 174 Å². The maximum absolute atomic E-state index is 12.8. The fraction of sp³-hybridized carbons (Fsp3) is 0.682. The maximum Gasteiger partial charge on any atom is 0.251 e. The van der Waals surface area contributed by atoms with Gasteiger partial charge < -0.3 is 29.2 Å². The third-order valence-electron chi connectivity index (χ3n) is 5.04. The van der Waals surface area contributed by atoms with Crippen LogP contribution in [0.1, 0.15) is 44.0 Å². The first kappa shape index (κ1) is 23.3. The lowest BCUT2D eigenvalue weighted by Gasteiger charge is -2.31. The summed E-state index contributed by atoms with van der Waals surface area (Å²) in [6.45, 7) is 11.7. The molecule has 0 spiro atoms. The Bertz CT molecular complexity index is 603. The number of likely N-dealkylation sites (tertiary alicyclic amines) is 1. The number of benzene rings is 1. The van der Waals surface area contributed by atoms with Gasteiger partial charge in [0.2, 0.25) is 5.75 Å². The van der Waals surface area contributed by atoms with Crippen molar-refractivity contribution in [2.24, 2.45) is 5.92 Å². The predicted molar refractivity (Wildman–Crippen MR) is 113 cm³/mol. The van der Waals surface area contributed by atoms with Crippen LogP contribution in [0.2, 0.25) is 0 Å². The van der Waals surface area contributed by atoms with Gasteiger partial charge in [-0.25, -0.2) is 0 Å². The number of carbonyl (C=O) groups is 1. The third kappa shape index (κ3) is 7.08. The Morgan fingerprint density at radius 3 is 2.14 bits per heavy atom. The lowest BCUT2D eigenvalue weighted by molar-refractivity contribution is 0.0925. The highest BCUT2D eigenvalue weighted by Crippen LogP contribution is 2.39. The number of amides is 1. The molecule has 0 saturated carbocycles. The fourth-order valence-electron chi connectivity index (χ4n) is 3.49. The number of nitrogens with zero attached hydrogens (tertiary/aromatic N) is 1. The first-order chi connectivity index (χ1) is 14.1. The van der Waals surface area contributed by atoms with Gasteiger partial charge in [0.05, 0.1) is 26.4 Å². The summed E-state index contributed by atoms with van der Waals surface area (Å²) in [6.07, 6.45) is 2.17. The average Bonchev–Trinajstić information content (AvgIpc) is 2.73. The van der Waals surface area contributed by atoms with E-state index in [0.717, 1.165) is 39.1 Å². The smallest absolute Gasteiger partial charge is 0.251 e. The zero-order valence-corrected chi connectivity index (χ0v) is 18.3. The molecule has 7 heteroatoms. The minimum Gasteiger partial charge on any atom is -0.490 e. The molecule has 0 radical (unpaired) electrons. The van der Waals surface area contributed by atoms with E-state index < -0.39 is 0 Å². The van der Waals surface area contributed by atoms with Crippen LogP contribution >= 0.6 is 0 Å². The van der Waals surface area contributed by atoms with Gasteiger partial charge in [0.25, 0.3) is 5.91 Å². The highest BCUT2D eigenvalue weighted by Gasteiger charge is 2.21. The quantitative estimate of drug-likeness (QED) is 0.573. The third-order valence-corrected chi connectivity index (χ3v) is 5.04. The van der Waals surface area contributed by atoms with E-state index in [1.807, 2.05) is 20.8 Å². The van der Waals surface area contributed by atoms with Gasteiger partial charge in [-0.2, -0.15) is 0 Å². The van der Waals surface area contributed by atoms with Crippen molar-refractivity contribution in [2.45, 2.75) is 33.6 Å². The van der Waals surface area contributed by atoms with Crippen molar-refractivity contribution in [3.63, 3.8) is 0 Å². The summed E-state index contributed by atoms with van der Waals surface area (Å²) in [6, 6.07) is 3.47. The lowest BCUT2D eigenvalue weighted by atomic mass is 9.96. The summed E-state index contributed by atoms with van der Waals surface area (Å²) < 4.78 is 22.3. The van der Waals surface area contributed by atoms with E-state index in [1.165, 1.54) is 0 Å². The van der Waals surface area contributed by atoms with Crippen LogP contribution in [0.3, 0.4) is 0 Å². The van der Waals surface area contributed by atoms with E-state index in [-0.39, 0.29) is 5.91 Å². The maximum atomic E-state index is 12.8. The number of ether oxygens (including phenoxy) is 4. The van der Waals surface area contributed by atoms with Crippen molar-refractivity contribution in [1.82, 2.24) is 10.2 Å². The van der Waals surface area contributed by atoms with Crippen molar-refractivity contribution in [3.8, 4) is 17.2 Å². The second-order valence-corrected chi connectivity index (χ2v) is 7.09. The van der Waals surface area contributed by atoms with Gasteiger partial charge in [0.1, 0.15) is 0 Å². The van der Waals surface area contributed by atoms with E-state index in [4.69, 9.17) is 18.9 Å². The van der Waals surface area contributed by atoms with Crippen LogP contribution in [-0.2, 0) is 4.74 Å². The Hall–Kier alpha value is -1.99. The first-order valence-corrected chi connectivity index (χ1v) is 10.7. The average molecular weight is 409 g/mol. The Morgan fingerprint density at radius 2 is 1.62 bits per heavy atom.